The summed E-state index contributed by atoms with van der Waals surface area (Å²) in [5.74, 6) is -3.00. The van der Waals surface area contributed by atoms with E-state index >= 15 is 0 Å². The normalized spacial score (nSPS) is 19.7. The zero-order valence-electron chi connectivity index (χ0n) is 16.0. The minimum Gasteiger partial charge on any atom is -0.347 e. The lowest BCUT2D eigenvalue weighted by Gasteiger charge is -2.22. The lowest BCUT2D eigenvalue weighted by molar-refractivity contribution is -0.139. The molecule has 0 heterocycles. The molecule has 4 unspecified atom stereocenters. The zero-order valence-corrected chi connectivity index (χ0v) is 16.0. The van der Waals surface area contributed by atoms with Crippen LogP contribution in [0.2, 0.25) is 0 Å². The second-order valence-electron chi connectivity index (χ2n) is 7.12. The number of hydrogen-bond acceptors (Lipinski definition) is 6. The Bertz CT molecular complexity index is 765. The summed E-state index contributed by atoms with van der Waals surface area (Å²) in [7, 11) is 3.13. The molecule has 2 rings (SSSR count). The highest BCUT2D eigenvalue weighted by atomic mass is 16.3. The molecule has 2 N–H and O–H groups in total. The van der Waals surface area contributed by atoms with Crippen LogP contribution in [-0.4, -0.2) is 55.1 Å². The molecular formula is C19H24N4O5. The van der Waals surface area contributed by atoms with Crippen molar-refractivity contribution in [2.24, 2.45) is 17.0 Å². The highest BCUT2D eigenvalue weighted by Crippen LogP contribution is 2.42. The summed E-state index contributed by atoms with van der Waals surface area (Å²) < 4.78 is 0. The van der Waals surface area contributed by atoms with Gasteiger partial charge in [-0.3, -0.25) is 19.2 Å². The van der Waals surface area contributed by atoms with Crippen molar-refractivity contribution in [1.82, 2.24) is 15.5 Å². The number of Topliss-reactive ketones (excluding diaryl/α,β-unsaturated/α-hetero) is 1. The van der Waals surface area contributed by atoms with Gasteiger partial charge in [-0.25, -0.2) is 0 Å². The molecule has 4 atom stereocenters. The van der Waals surface area contributed by atoms with E-state index < -0.39 is 36.2 Å². The lowest BCUT2D eigenvalue weighted by atomic mass is 10.1. The van der Waals surface area contributed by atoms with E-state index in [0.717, 1.165) is 0 Å². The molecule has 3 amide bonds. The van der Waals surface area contributed by atoms with Crippen LogP contribution in [0.1, 0.15) is 24.9 Å². The van der Waals surface area contributed by atoms with Crippen LogP contribution in [0.5, 0.6) is 0 Å². The molecule has 1 fully saturated rings. The molecule has 1 aromatic rings. The Labute approximate surface area is 162 Å². The van der Waals surface area contributed by atoms with Crippen molar-refractivity contribution in [1.29, 1.82) is 0 Å². The van der Waals surface area contributed by atoms with Crippen molar-refractivity contribution in [2.45, 2.75) is 25.4 Å². The van der Waals surface area contributed by atoms with E-state index in [9.17, 15) is 24.1 Å². The predicted octanol–water partition coefficient (Wildman–Crippen LogP) is 0.408. The fourth-order valence-corrected chi connectivity index (χ4v) is 2.90. The van der Waals surface area contributed by atoms with Crippen LogP contribution in [0, 0.1) is 16.7 Å². The average Bonchev–Trinajstić information content (AvgIpc) is 3.40. The summed E-state index contributed by atoms with van der Waals surface area (Å²) in [5, 5.41) is 7.52. The molecule has 1 aromatic carbocycles. The Morgan fingerprint density at radius 1 is 1.18 bits per heavy atom. The number of nitroso groups, excluding NO2 is 1. The number of benzene rings is 1. The number of amides is 3. The van der Waals surface area contributed by atoms with Crippen LogP contribution >= 0.6 is 0 Å². The molecule has 0 aliphatic heterocycles. The van der Waals surface area contributed by atoms with Gasteiger partial charge in [-0.05, 0) is 23.8 Å². The molecule has 1 saturated carbocycles. The molecule has 28 heavy (non-hydrogen) atoms. The second-order valence-corrected chi connectivity index (χ2v) is 7.12. The van der Waals surface area contributed by atoms with Crippen molar-refractivity contribution >= 4 is 23.5 Å². The fraction of sp³-hybridized carbons (Fsp3) is 0.474. The van der Waals surface area contributed by atoms with E-state index in [0.29, 0.717) is 12.0 Å². The Kier molecular flexibility index (Phi) is 6.97. The molecule has 150 valence electrons. The number of rotatable bonds is 9. The first-order valence-electron chi connectivity index (χ1n) is 8.96. The molecule has 1 aliphatic carbocycles. The Morgan fingerprint density at radius 2 is 1.79 bits per heavy atom. The minimum absolute atomic E-state index is 0.173. The number of carbonyl (C=O) groups is 4. The Balaban J connectivity index is 1.95. The van der Waals surface area contributed by atoms with Gasteiger partial charge in [-0.2, -0.15) is 4.91 Å². The molecule has 9 heteroatoms. The summed E-state index contributed by atoms with van der Waals surface area (Å²) >= 11 is 0. The molecular weight excluding hydrogens is 364 g/mol. The topological polar surface area (TPSA) is 125 Å². The predicted molar refractivity (Wildman–Crippen MR) is 101 cm³/mol. The molecule has 9 nitrogen and oxygen atoms in total. The third-order valence-corrected chi connectivity index (χ3v) is 4.72. The van der Waals surface area contributed by atoms with Crippen LogP contribution in [0.4, 0.5) is 0 Å². The SMILES string of the molecule is CC1CC1C(N=O)C(=O)C(=O)NCC(=O)NC(C(=O)N(C)C)c1ccccc1. The number of ketones is 1. The smallest absolute Gasteiger partial charge is 0.290 e. The Morgan fingerprint density at radius 3 is 2.29 bits per heavy atom. The van der Waals surface area contributed by atoms with Gasteiger partial charge in [0.1, 0.15) is 6.04 Å². The summed E-state index contributed by atoms with van der Waals surface area (Å²) in [4.78, 5) is 60.9. The maximum atomic E-state index is 12.4. The van der Waals surface area contributed by atoms with Gasteiger partial charge in [0.05, 0.1) is 6.54 Å². The average molecular weight is 388 g/mol. The van der Waals surface area contributed by atoms with E-state index in [1.54, 1.807) is 44.4 Å². The number of nitrogens with one attached hydrogen (secondary N) is 2. The van der Waals surface area contributed by atoms with Crippen LogP contribution in [0.15, 0.2) is 35.5 Å². The second kappa shape index (κ2) is 9.20. The summed E-state index contributed by atoms with van der Waals surface area (Å²) in [6.45, 7) is 1.37. The minimum atomic E-state index is -1.22. The van der Waals surface area contributed by atoms with E-state index in [1.807, 2.05) is 6.92 Å². The first-order chi connectivity index (χ1) is 13.3. The van der Waals surface area contributed by atoms with Crippen molar-refractivity contribution in [3.63, 3.8) is 0 Å². The highest BCUT2D eigenvalue weighted by molar-refractivity contribution is 6.38. The van der Waals surface area contributed by atoms with E-state index in [-0.39, 0.29) is 17.7 Å². The van der Waals surface area contributed by atoms with Gasteiger partial charge >= 0.3 is 0 Å². The molecule has 0 radical (unpaired) electrons. The third-order valence-electron chi connectivity index (χ3n) is 4.72. The van der Waals surface area contributed by atoms with Crippen LogP contribution < -0.4 is 10.6 Å². The van der Waals surface area contributed by atoms with Crippen molar-refractivity contribution in [3.8, 4) is 0 Å². The van der Waals surface area contributed by atoms with Gasteiger partial charge in [-0.1, -0.05) is 42.4 Å². The fourth-order valence-electron chi connectivity index (χ4n) is 2.90. The van der Waals surface area contributed by atoms with Gasteiger partial charge in [0.2, 0.25) is 17.6 Å². The first kappa shape index (κ1) is 21.2. The standard InChI is InChI=1S/C19H24N4O5/c1-11-9-13(11)16(22-28)17(25)18(26)20-10-14(24)21-15(19(27)23(2)3)12-7-5-4-6-8-12/h4-8,11,13,15-16H,9-10H2,1-3H3,(H,20,26)(H,21,24). The molecule has 0 spiro atoms. The maximum Gasteiger partial charge on any atom is 0.290 e. The van der Waals surface area contributed by atoms with Gasteiger partial charge in [0, 0.05) is 14.1 Å². The number of hydrogen-bond donors (Lipinski definition) is 2. The number of nitrogens with zero attached hydrogens (tertiary/aromatic N) is 2. The van der Waals surface area contributed by atoms with E-state index in [1.165, 1.54) is 4.90 Å². The van der Waals surface area contributed by atoms with Crippen molar-refractivity contribution < 1.29 is 19.2 Å². The molecule has 1 aliphatic rings. The van der Waals surface area contributed by atoms with Gasteiger partial charge in [0.25, 0.3) is 5.91 Å². The molecule has 0 bridgehead atoms. The third kappa shape index (κ3) is 5.21. The van der Waals surface area contributed by atoms with Gasteiger partial charge in [-0.15, -0.1) is 0 Å². The summed E-state index contributed by atoms with van der Waals surface area (Å²) in [5.41, 5.74) is 0.588. The van der Waals surface area contributed by atoms with Crippen molar-refractivity contribution in [3.05, 3.63) is 40.8 Å². The van der Waals surface area contributed by atoms with Crippen LogP contribution in [0.25, 0.3) is 0 Å². The number of carbonyl (C=O) groups excluding carboxylic acids is 4. The highest BCUT2D eigenvalue weighted by Gasteiger charge is 2.46. The van der Waals surface area contributed by atoms with Crippen molar-refractivity contribution in [2.75, 3.05) is 20.6 Å². The molecule has 0 aromatic heterocycles. The van der Waals surface area contributed by atoms with Gasteiger partial charge < -0.3 is 15.5 Å². The first-order valence-corrected chi connectivity index (χ1v) is 8.96. The van der Waals surface area contributed by atoms with Crippen LogP contribution in [0.3, 0.4) is 0 Å². The monoisotopic (exact) mass is 388 g/mol. The van der Waals surface area contributed by atoms with Gasteiger partial charge in [0.15, 0.2) is 6.04 Å². The van der Waals surface area contributed by atoms with Crippen LogP contribution in [-0.2, 0) is 19.2 Å². The van der Waals surface area contributed by atoms with E-state index in [2.05, 4.69) is 15.8 Å². The summed E-state index contributed by atoms with van der Waals surface area (Å²) in [6.07, 6.45) is 0.668. The quantitative estimate of drug-likeness (QED) is 0.468. The molecule has 0 saturated heterocycles. The Hall–Kier alpha value is -3.10. The maximum absolute atomic E-state index is 12.4. The number of likely N-dealkylation sites (N-methyl/N-ethyl adjacent to an activating group) is 1. The zero-order chi connectivity index (χ0) is 20.8. The summed E-state index contributed by atoms with van der Waals surface area (Å²) in [6, 6.07) is 6.52. The van der Waals surface area contributed by atoms with E-state index in [4.69, 9.17) is 0 Å². The lowest BCUT2D eigenvalue weighted by Crippen LogP contribution is -2.46. The largest absolute Gasteiger partial charge is 0.347 e.